The minimum absolute atomic E-state index is 0.0778. The molecule has 4 rings (SSSR count). The van der Waals surface area contributed by atoms with Gasteiger partial charge in [0.25, 0.3) is 5.91 Å². The Morgan fingerprint density at radius 3 is 2.88 bits per heavy atom. The molecule has 1 fully saturated rings. The molecule has 2 heterocycles. The predicted molar refractivity (Wildman–Crippen MR) is 100 cm³/mol. The minimum Gasteiger partial charge on any atom is -0.348 e. The molecule has 0 atom stereocenters. The van der Waals surface area contributed by atoms with Crippen LogP contribution in [0.3, 0.4) is 0 Å². The summed E-state index contributed by atoms with van der Waals surface area (Å²) in [6.07, 6.45) is 3.80. The van der Waals surface area contributed by atoms with Crippen molar-refractivity contribution < 1.29 is 4.79 Å². The van der Waals surface area contributed by atoms with Crippen molar-refractivity contribution in [2.24, 2.45) is 5.92 Å². The SMILES string of the molecule is Cc1c(C(=O)NC(C)C)nnn1-c1cccc2c1CCN(CC1CC1)C2. The summed E-state index contributed by atoms with van der Waals surface area (Å²) in [4.78, 5) is 14.9. The average molecular weight is 353 g/mol. The highest BCUT2D eigenvalue weighted by molar-refractivity contribution is 5.93. The van der Waals surface area contributed by atoms with Gasteiger partial charge in [0.15, 0.2) is 5.69 Å². The molecule has 0 saturated heterocycles. The van der Waals surface area contributed by atoms with E-state index in [2.05, 4.69) is 38.7 Å². The summed E-state index contributed by atoms with van der Waals surface area (Å²) in [6, 6.07) is 6.47. The van der Waals surface area contributed by atoms with E-state index >= 15 is 0 Å². The van der Waals surface area contributed by atoms with Crippen LogP contribution in [0.4, 0.5) is 0 Å². The van der Waals surface area contributed by atoms with Crippen LogP contribution in [-0.2, 0) is 13.0 Å². The fraction of sp³-hybridized carbons (Fsp3) is 0.550. The molecule has 138 valence electrons. The second-order valence-electron chi connectivity index (χ2n) is 7.91. The molecule has 1 N–H and O–H groups in total. The molecule has 1 aliphatic heterocycles. The van der Waals surface area contributed by atoms with Crippen LogP contribution in [0.1, 0.15) is 54.0 Å². The topological polar surface area (TPSA) is 63.1 Å². The zero-order chi connectivity index (χ0) is 18.3. The zero-order valence-corrected chi connectivity index (χ0v) is 15.8. The van der Waals surface area contributed by atoms with E-state index in [-0.39, 0.29) is 11.9 Å². The van der Waals surface area contributed by atoms with Gasteiger partial charge in [-0.25, -0.2) is 4.68 Å². The number of carbonyl (C=O) groups is 1. The van der Waals surface area contributed by atoms with E-state index < -0.39 is 0 Å². The van der Waals surface area contributed by atoms with Gasteiger partial charge in [0.2, 0.25) is 0 Å². The monoisotopic (exact) mass is 353 g/mol. The highest BCUT2D eigenvalue weighted by atomic mass is 16.2. The Morgan fingerprint density at radius 2 is 2.15 bits per heavy atom. The number of nitrogens with zero attached hydrogens (tertiary/aromatic N) is 4. The van der Waals surface area contributed by atoms with E-state index in [9.17, 15) is 4.79 Å². The maximum Gasteiger partial charge on any atom is 0.273 e. The van der Waals surface area contributed by atoms with Crippen LogP contribution >= 0.6 is 0 Å². The smallest absolute Gasteiger partial charge is 0.273 e. The standard InChI is InChI=1S/C20H27N5O/c1-13(2)21-20(26)19-14(3)25(23-22-19)18-6-4-5-16-12-24(10-9-17(16)18)11-15-7-8-15/h4-6,13,15H,7-12H2,1-3H3,(H,21,26). The Labute approximate surface area is 154 Å². The third kappa shape index (κ3) is 3.38. The third-order valence-electron chi connectivity index (χ3n) is 5.29. The number of hydrogen-bond acceptors (Lipinski definition) is 4. The number of nitrogens with one attached hydrogen (secondary N) is 1. The van der Waals surface area contributed by atoms with Crippen LogP contribution in [0.25, 0.3) is 5.69 Å². The molecule has 1 amide bonds. The van der Waals surface area contributed by atoms with Gasteiger partial charge in [-0.15, -0.1) is 5.10 Å². The van der Waals surface area contributed by atoms with Crippen LogP contribution in [0, 0.1) is 12.8 Å². The number of carbonyl (C=O) groups excluding carboxylic acids is 1. The first-order valence-corrected chi connectivity index (χ1v) is 9.59. The normalized spacial score (nSPS) is 17.4. The summed E-state index contributed by atoms with van der Waals surface area (Å²) in [5, 5.41) is 11.3. The van der Waals surface area contributed by atoms with Gasteiger partial charge < -0.3 is 5.32 Å². The van der Waals surface area contributed by atoms with Gasteiger partial charge in [-0.05, 0) is 63.1 Å². The molecule has 6 heteroatoms. The Kier molecular flexibility index (Phi) is 4.53. The van der Waals surface area contributed by atoms with E-state index in [1.54, 1.807) is 0 Å². The Bertz CT molecular complexity index is 822. The molecule has 6 nitrogen and oxygen atoms in total. The van der Waals surface area contributed by atoms with Gasteiger partial charge in [-0.2, -0.15) is 0 Å². The Morgan fingerprint density at radius 1 is 1.35 bits per heavy atom. The van der Waals surface area contributed by atoms with Gasteiger partial charge in [0.1, 0.15) is 0 Å². The number of hydrogen-bond donors (Lipinski definition) is 1. The number of benzene rings is 1. The van der Waals surface area contributed by atoms with Crippen molar-refractivity contribution in [3.8, 4) is 5.69 Å². The number of aromatic nitrogens is 3. The summed E-state index contributed by atoms with van der Waals surface area (Å²) in [7, 11) is 0. The quantitative estimate of drug-likeness (QED) is 0.897. The second-order valence-corrected chi connectivity index (χ2v) is 7.91. The van der Waals surface area contributed by atoms with Crippen molar-refractivity contribution in [2.75, 3.05) is 13.1 Å². The van der Waals surface area contributed by atoms with Crippen LogP contribution in [-0.4, -0.2) is 44.9 Å². The van der Waals surface area contributed by atoms with Crippen LogP contribution in [0.2, 0.25) is 0 Å². The van der Waals surface area contributed by atoms with Crippen molar-refractivity contribution in [3.05, 3.63) is 40.7 Å². The number of amides is 1. The van der Waals surface area contributed by atoms with Crippen molar-refractivity contribution in [3.63, 3.8) is 0 Å². The van der Waals surface area contributed by atoms with Gasteiger partial charge in [0, 0.05) is 25.7 Å². The Hall–Kier alpha value is -2.21. The Balaban J connectivity index is 1.61. The molecular formula is C20H27N5O. The summed E-state index contributed by atoms with van der Waals surface area (Å²) in [5.41, 5.74) is 4.96. The zero-order valence-electron chi connectivity index (χ0n) is 15.8. The average Bonchev–Trinajstić information content (AvgIpc) is 3.33. The summed E-state index contributed by atoms with van der Waals surface area (Å²) in [6.45, 7) is 9.13. The molecule has 1 aromatic carbocycles. The molecular weight excluding hydrogens is 326 g/mol. The fourth-order valence-corrected chi connectivity index (χ4v) is 3.77. The molecule has 0 bridgehead atoms. The van der Waals surface area contributed by atoms with Crippen molar-refractivity contribution in [1.29, 1.82) is 0 Å². The summed E-state index contributed by atoms with van der Waals surface area (Å²) >= 11 is 0. The first-order chi connectivity index (χ1) is 12.5. The van der Waals surface area contributed by atoms with Crippen LogP contribution in [0.15, 0.2) is 18.2 Å². The predicted octanol–water partition coefficient (Wildman–Crippen LogP) is 2.48. The fourth-order valence-electron chi connectivity index (χ4n) is 3.77. The molecule has 1 aromatic heterocycles. The highest BCUT2D eigenvalue weighted by Crippen LogP contribution is 2.32. The summed E-state index contributed by atoms with van der Waals surface area (Å²) < 4.78 is 1.82. The minimum atomic E-state index is -0.163. The van der Waals surface area contributed by atoms with Gasteiger partial charge >= 0.3 is 0 Å². The maximum atomic E-state index is 12.3. The van der Waals surface area contributed by atoms with Gasteiger partial charge in [-0.3, -0.25) is 9.69 Å². The van der Waals surface area contributed by atoms with Gasteiger partial charge in [-0.1, -0.05) is 17.3 Å². The largest absolute Gasteiger partial charge is 0.348 e. The third-order valence-corrected chi connectivity index (χ3v) is 5.29. The lowest BCUT2D eigenvalue weighted by Crippen LogP contribution is -2.33. The second kappa shape index (κ2) is 6.83. The number of fused-ring (bicyclic) bond motifs is 1. The van der Waals surface area contributed by atoms with Crippen LogP contribution < -0.4 is 5.32 Å². The van der Waals surface area contributed by atoms with Crippen LogP contribution in [0.5, 0.6) is 0 Å². The summed E-state index contributed by atoms with van der Waals surface area (Å²) in [5.74, 6) is 0.753. The molecule has 2 aromatic rings. The molecule has 2 aliphatic rings. The molecule has 1 aliphatic carbocycles. The van der Waals surface area contributed by atoms with E-state index in [1.807, 2.05) is 25.5 Å². The number of rotatable bonds is 5. The van der Waals surface area contributed by atoms with E-state index in [0.29, 0.717) is 5.69 Å². The molecule has 0 spiro atoms. The van der Waals surface area contributed by atoms with Crippen molar-refractivity contribution in [2.45, 2.75) is 52.6 Å². The first kappa shape index (κ1) is 17.2. The molecule has 1 saturated carbocycles. The van der Waals surface area contributed by atoms with E-state index in [1.165, 1.54) is 30.5 Å². The van der Waals surface area contributed by atoms with Crippen molar-refractivity contribution >= 4 is 5.91 Å². The van der Waals surface area contributed by atoms with Crippen molar-refractivity contribution in [1.82, 2.24) is 25.2 Å². The van der Waals surface area contributed by atoms with E-state index in [0.717, 1.165) is 36.8 Å². The molecule has 0 unspecified atom stereocenters. The lowest BCUT2D eigenvalue weighted by Gasteiger charge is -2.30. The molecule has 26 heavy (non-hydrogen) atoms. The van der Waals surface area contributed by atoms with Gasteiger partial charge in [0.05, 0.1) is 11.4 Å². The highest BCUT2D eigenvalue weighted by Gasteiger charge is 2.28. The van der Waals surface area contributed by atoms with E-state index in [4.69, 9.17) is 0 Å². The maximum absolute atomic E-state index is 12.3. The lowest BCUT2D eigenvalue weighted by molar-refractivity contribution is 0.0937. The lowest BCUT2D eigenvalue weighted by atomic mass is 9.97. The molecule has 0 radical (unpaired) electrons. The first-order valence-electron chi connectivity index (χ1n) is 9.59.